The lowest BCUT2D eigenvalue weighted by Gasteiger charge is -2.35. The van der Waals surface area contributed by atoms with Gasteiger partial charge in [-0.1, -0.05) is 6.07 Å². The van der Waals surface area contributed by atoms with Crippen molar-refractivity contribution < 1.29 is 24.1 Å². The standard InChI is InChI=1S/C22H26N2O5S/c25-18-6-14-10-24(12-22(26)23-9-17-2-1-5-30-17)11-15(14)7-20(18)29-16-3-4-19-21(8-16)28-13-27-19/h1-5,8,14-15,18,20,25H,6-7,9-13H2,(H,23,26)/t14-,15+,18+,20+/m0/s1. The van der Waals surface area contributed by atoms with Crippen molar-refractivity contribution in [1.29, 1.82) is 0 Å². The average molecular weight is 431 g/mol. The highest BCUT2D eigenvalue weighted by Gasteiger charge is 2.43. The summed E-state index contributed by atoms with van der Waals surface area (Å²) in [7, 11) is 0. The molecule has 8 heteroatoms. The molecular formula is C22H26N2O5S. The third-order valence-corrected chi connectivity index (χ3v) is 7.08. The molecule has 3 aliphatic rings. The first-order valence-electron chi connectivity index (χ1n) is 10.4. The zero-order chi connectivity index (χ0) is 20.5. The zero-order valence-electron chi connectivity index (χ0n) is 16.7. The summed E-state index contributed by atoms with van der Waals surface area (Å²) < 4.78 is 16.9. The van der Waals surface area contributed by atoms with Crippen LogP contribution < -0.4 is 19.5 Å². The molecule has 1 aromatic heterocycles. The first kappa shape index (κ1) is 19.7. The predicted molar refractivity (Wildman–Crippen MR) is 112 cm³/mol. The van der Waals surface area contributed by atoms with Crippen LogP contribution in [0.2, 0.25) is 0 Å². The minimum Gasteiger partial charge on any atom is -0.488 e. The molecule has 1 saturated heterocycles. The van der Waals surface area contributed by atoms with Gasteiger partial charge in [0.05, 0.1) is 19.2 Å². The molecule has 3 heterocycles. The van der Waals surface area contributed by atoms with Crippen molar-refractivity contribution in [2.24, 2.45) is 11.8 Å². The molecule has 1 amide bonds. The number of likely N-dealkylation sites (tertiary alicyclic amines) is 1. The minimum atomic E-state index is -0.510. The monoisotopic (exact) mass is 430 g/mol. The third-order valence-electron chi connectivity index (χ3n) is 6.20. The Bertz CT molecular complexity index is 890. The van der Waals surface area contributed by atoms with Gasteiger partial charge in [-0.05, 0) is 48.3 Å². The molecule has 7 nitrogen and oxygen atoms in total. The highest BCUT2D eigenvalue weighted by atomic mass is 32.1. The summed E-state index contributed by atoms with van der Waals surface area (Å²) in [5.41, 5.74) is 0. The Morgan fingerprint density at radius 2 is 2.03 bits per heavy atom. The Balaban J connectivity index is 1.14. The number of ether oxygens (including phenoxy) is 3. The van der Waals surface area contributed by atoms with Crippen molar-refractivity contribution in [2.75, 3.05) is 26.4 Å². The van der Waals surface area contributed by atoms with E-state index in [1.807, 2.05) is 35.7 Å². The van der Waals surface area contributed by atoms with Gasteiger partial charge in [-0.15, -0.1) is 11.3 Å². The lowest BCUT2D eigenvalue weighted by Crippen LogP contribution is -2.42. The molecule has 0 bridgehead atoms. The van der Waals surface area contributed by atoms with Crippen LogP contribution in [0.15, 0.2) is 35.7 Å². The van der Waals surface area contributed by atoms with Gasteiger partial charge in [0, 0.05) is 24.0 Å². The van der Waals surface area contributed by atoms with E-state index in [1.165, 1.54) is 0 Å². The van der Waals surface area contributed by atoms with Crippen molar-refractivity contribution >= 4 is 17.2 Å². The zero-order valence-corrected chi connectivity index (χ0v) is 17.5. The highest BCUT2D eigenvalue weighted by Crippen LogP contribution is 2.40. The summed E-state index contributed by atoms with van der Waals surface area (Å²) in [6.45, 7) is 2.94. The molecule has 0 unspecified atom stereocenters. The molecule has 2 N–H and O–H groups in total. The van der Waals surface area contributed by atoms with Gasteiger partial charge in [-0.25, -0.2) is 0 Å². The molecule has 30 heavy (non-hydrogen) atoms. The molecule has 1 aliphatic carbocycles. The van der Waals surface area contributed by atoms with E-state index in [0.29, 0.717) is 42.8 Å². The van der Waals surface area contributed by atoms with Gasteiger partial charge in [0.25, 0.3) is 0 Å². The van der Waals surface area contributed by atoms with E-state index in [-0.39, 0.29) is 18.8 Å². The lowest BCUT2D eigenvalue weighted by atomic mass is 9.78. The van der Waals surface area contributed by atoms with E-state index in [2.05, 4.69) is 10.2 Å². The summed E-state index contributed by atoms with van der Waals surface area (Å²) in [4.78, 5) is 15.7. The first-order chi connectivity index (χ1) is 14.6. The van der Waals surface area contributed by atoms with Gasteiger partial charge in [0.2, 0.25) is 12.7 Å². The van der Waals surface area contributed by atoms with E-state index >= 15 is 0 Å². The van der Waals surface area contributed by atoms with Gasteiger partial charge >= 0.3 is 0 Å². The Morgan fingerprint density at radius 3 is 2.87 bits per heavy atom. The maximum absolute atomic E-state index is 12.3. The van der Waals surface area contributed by atoms with Gasteiger partial charge in [-0.3, -0.25) is 9.69 Å². The number of carbonyl (C=O) groups excluding carboxylic acids is 1. The topological polar surface area (TPSA) is 80.3 Å². The molecule has 1 aromatic carbocycles. The summed E-state index contributed by atoms with van der Waals surface area (Å²) in [5.74, 6) is 2.96. The van der Waals surface area contributed by atoms with Crippen molar-refractivity contribution in [3.8, 4) is 17.2 Å². The number of rotatable bonds is 6. The van der Waals surface area contributed by atoms with E-state index in [9.17, 15) is 9.90 Å². The molecule has 2 fully saturated rings. The fourth-order valence-corrected chi connectivity index (χ4v) is 5.37. The predicted octanol–water partition coefficient (Wildman–Crippen LogP) is 2.24. The number of aliphatic hydroxyl groups is 1. The second kappa shape index (κ2) is 8.45. The lowest BCUT2D eigenvalue weighted by molar-refractivity contribution is -0.122. The molecule has 2 aromatic rings. The van der Waals surface area contributed by atoms with Crippen molar-refractivity contribution in [3.63, 3.8) is 0 Å². The number of benzene rings is 1. The molecule has 0 spiro atoms. The van der Waals surface area contributed by atoms with Gasteiger partial charge in [0.1, 0.15) is 11.9 Å². The van der Waals surface area contributed by atoms with Crippen LogP contribution in [0.1, 0.15) is 17.7 Å². The SMILES string of the molecule is O=C(CN1C[C@H]2C[C@@H](Oc3ccc4c(c3)OCO4)[C@H](O)C[C@H]2C1)NCc1cccs1. The number of nitrogens with zero attached hydrogens (tertiary/aromatic N) is 1. The molecule has 1 saturated carbocycles. The van der Waals surface area contributed by atoms with E-state index in [0.717, 1.165) is 30.1 Å². The van der Waals surface area contributed by atoms with Gasteiger partial charge in [-0.2, -0.15) is 0 Å². The Labute approximate surface area is 179 Å². The van der Waals surface area contributed by atoms with Crippen molar-refractivity contribution in [3.05, 3.63) is 40.6 Å². The molecular weight excluding hydrogens is 404 g/mol. The number of fused-ring (bicyclic) bond motifs is 2. The Morgan fingerprint density at radius 1 is 1.20 bits per heavy atom. The van der Waals surface area contributed by atoms with Crippen molar-refractivity contribution in [2.45, 2.75) is 31.6 Å². The van der Waals surface area contributed by atoms with Crippen LogP contribution in [-0.2, 0) is 11.3 Å². The molecule has 160 valence electrons. The smallest absolute Gasteiger partial charge is 0.234 e. The van der Waals surface area contributed by atoms with Crippen LogP contribution in [0.25, 0.3) is 0 Å². The van der Waals surface area contributed by atoms with Crippen molar-refractivity contribution in [1.82, 2.24) is 10.2 Å². The first-order valence-corrected chi connectivity index (χ1v) is 11.3. The summed E-state index contributed by atoms with van der Waals surface area (Å²) in [6, 6.07) is 9.52. The minimum absolute atomic E-state index is 0.0516. The number of hydrogen-bond acceptors (Lipinski definition) is 7. The van der Waals surface area contributed by atoms with Crippen LogP contribution in [0.3, 0.4) is 0 Å². The van der Waals surface area contributed by atoms with E-state index in [4.69, 9.17) is 14.2 Å². The summed E-state index contributed by atoms with van der Waals surface area (Å²) in [5, 5.41) is 15.7. The Hall–Kier alpha value is -2.29. The quantitative estimate of drug-likeness (QED) is 0.732. The fraction of sp³-hybridized carbons (Fsp3) is 0.500. The van der Waals surface area contributed by atoms with Crippen LogP contribution in [0.4, 0.5) is 0 Å². The van der Waals surface area contributed by atoms with E-state index in [1.54, 1.807) is 11.3 Å². The largest absolute Gasteiger partial charge is 0.488 e. The fourth-order valence-electron chi connectivity index (χ4n) is 4.73. The molecule has 2 aliphatic heterocycles. The molecule has 4 atom stereocenters. The van der Waals surface area contributed by atoms with Crippen LogP contribution in [0, 0.1) is 11.8 Å². The summed E-state index contributed by atoms with van der Waals surface area (Å²) >= 11 is 1.65. The number of aliphatic hydroxyl groups excluding tert-OH is 1. The number of hydrogen-bond donors (Lipinski definition) is 2. The summed E-state index contributed by atoms with van der Waals surface area (Å²) in [6.07, 6.45) is 0.726. The normalized spacial score (nSPS) is 27.6. The van der Waals surface area contributed by atoms with E-state index < -0.39 is 6.10 Å². The maximum atomic E-state index is 12.3. The van der Waals surface area contributed by atoms with Crippen LogP contribution >= 0.6 is 11.3 Å². The maximum Gasteiger partial charge on any atom is 0.234 e. The van der Waals surface area contributed by atoms with Crippen LogP contribution in [0.5, 0.6) is 17.2 Å². The highest BCUT2D eigenvalue weighted by molar-refractivity contribution is 7.09. The second-order valence-electron chi connectivity index (χ2n) is 8.28. The average Bonchev–Trinajstić information content (AvgIpc) is 3.47. The van der Waals surface area contributed by atoms with Crippen LogP contribution in [-0.4, -0.2) is 54.5 Å². The molecule has 0 radical (unpaired) electrons. The third kappa shape index (κ3) is 4.26. The number of thiophene rings is 1. The molecule has 5 rings (SSSR count). The second-order valence-corrected chi connectivity index (χ2v) is 9.31. The number of carbonyl (C=O) groups is 1. The van der Waals surface area contributed by atoms with Gasteiger partial charge < -0.3 is 24.6 Å². The number of nitrogens with one attached hydrogen (secondary N) is 1. The number of amides is 1. The Kier molecular flexibility index (Phi) is 5.54. The van der Waals surface area contributed by atoms with Gasteiger partial charge in [0.15, 0.2) is 11.5 Å².